The molecule has 0 saturated carbocycles. The molecule has 0 radical (unpaired) electrons. The monoisotopic (exact) mass is 515 g/mol. The van der Waals surface area contributed by atoms with E-state index in [4.69, 9.17) is 0 Å². The molecular formula is C27H31F6NO2. The van der Waals surface area contributed by atoms with Crippen LogP contribution in [0.3, 0.4) is 0 Å². The molecule has 0 bridgehead atoms. The Hall–Kier alpha value is -2.55. The molecule has 0 spiro atoms. The van der Waals surface area contributed by atoms with Crippen LogP contribution >= 0.6 is 0 Å². The molecule has 198 valence electrons. The molecule has 1 atom stereocenters. The van der Waals surface area contributed by atoms with Crippen molar-refractivity contribution in [1.82, 2.24) is 4.90 Å². The van der Waals surface area contributed by atoms with Crippen LogP contribution in [0, 0.1) is 11.3 Å². The number of carboxylic acids is 1. The number of rotatable bonds is 6. The van der Waals surface area contributed by atoms with Gasteiger partial charge >= 0.3 is 18.3 Å². The average molecular weight is 516 g/mol. The van der Waals surface area contributed by atoms with Crippen molar-refractivity contribution in [2.45, 2.75) is 64.8 Å². The van der Waals surface area contributed by atoms with Crippen LogP contribution in [0.5, 0.6) is 0 Å². The number of piperidine rings is 1. The standard InChI is InChI=1S/C27H31F6NO2/c1-25(2,3)16-23(34-12-10-20(11-13-34)27(31,32)33)21-9-4-17(15-24(35)36)14-22(21)18-5-7-19(8-6-18)26(28,29)30/h4-9,14,20,23H,10-13,15-16H2,1-3H3,(H,35,36)/t23-/m0/s1. The van der Waals surface area contributed by atoms with Gasteiger partial charge in [-0.1, -0.05) is 51.1 Å². The first-order valence-electron chi connectivity index (χ1n) is 11.9. The van der Waals surface area contributed by atoms with Gasteiger partial charge in [-0.05, 0) is 72.2 Å². The average Bonchev–Trinajstić information content (AvgIpc) is 2.76. The second kappa shape index (κ2) is 10.4. The van der Waals surface area contributed by atoms with Crippen LogP contribution in [0.25, 0.3) is 11.1 Å². The Balaban J connectivity index is 2.06. The minimum atomic E-state index is -4.50. The van der Waals surface area contributed by atoms with E-state index in [0.717, 1.165) is 17.7 Å². The molecule has 3 rings (SSSR count). The van der Waals surface area contributed by atoms with Crippen LogP contribution in [0.1, 0.15) is 62.8 Å². The lowest BCUT2D eigenvalue weighted by molar-refractivity contribution is -0.186. The Bertz CT molecular complexity index is 1050. The lowest BCUT2D eigenvalue weighted by Crippen LogP contribution is -2.42. The third-order valence-corrected chi connectivity index (χ3v) is 6.59. The number of carbonyl (C=O) groups is 1. The molecule has 9 heteroatoms. The Morgan fingerprint density at radius 2 is 1.56 bits per heavy atom. The lowest BCUT2D eigenvalue weighted by atomic mass is 9.81. The predicted octanol–water partition coefficient (Wildman–Crippen LogP) is 7.75. The number of hydrogen-bond acceptors (Lipinski definition) is 2. The van der Waals surface area contributed by atoms with Crippen molar-refractivity contribution in [2.24, 2.45) is 11.3 Å². The van der Waals surface area contributed by atoms with E-state index in [0.29, 0.717) is 23.1 Å². The number of likely N-dealkylation sites (tertiary alicyclic amines) is 1. The Morgan fingerprint density at radius 1 is 0.972 bits per heavy atom. The van der Waals surface area contributed by atoms with E-state index in [2.05, 4.69) is 0 Å². The van der Waals surface area contributed by atoms with Crippen LogP contribution in [-0.2, 0) is 17.4 Å². The highest BCUT2D eigenvalue weighted by atomic mass is 19.4. The summed E-state index contributed by atoms with van der Waals surface area (Å²) in [7, 11) is 0. The first kappa shape index (κ1) is 28.0. The summed E-state index contributed by atoms with van der Waals surface area (Å²) in [6.45, 7) is 6.57. The van der Waals surface area contributed by atoms with E-state index < -0.39 is 29.8 Å². The van der Waals surface area contributed by atoms with Gasteiger partial charge in [0.25, 0.3) is 0 Å². The van der Waals surface area contributed by atoms with Gasteiger partial charge in [0.05, 0.1) is 17.9 Å². The topological polar surface area (TPSA) is 40.5 Å². The molecule has 0 unspecified atom stereocenters. The maximum atomic E-state index is 13.3. The molecule has 3 nitrogen and oxygen atoms in total. The number of alkyl halides is 6. The maximum Gasteiger partial charge on any atom is 0.416 e. The van der Waals surface area contributed by atoms with Gasteiger partial charge in [-0.25, -0.2) is 0 Å². The van der Waals surface area contributed by atoms with E-state index in [1.165, 1.54) is 12.1 Å². The largest absolute Gasteiger partial charge is 0.481 e. The van der Waals surface area contributed by atoms with E-state index >= 15 is 0 Å². The van der Waals surface area contributed by atoms with Crippen LogP contribution < -0.4 is 0 Å². The van der Waals surface area contributed by atoms with E-state index in [9.17, 15) is 36.2 Å². The first-order chi connectivity index (χ1) is 16.5. The fourth-order valence-electron chi connectivity index (χ4n) is 4.82. The molecule has 1 N–H and O–H groups in total. The number of benzene rings is 2. The van der Waals surface area contributed by atoms with Crippen molar-refractivity contribution in [3.8, 4) is 11.1 Å². The highest BCUT2D eigenvalue weighted by molar-refractivity contribution is 5.74. The smallest absolute Gasteiger partial charge is 0.416 e. The molecule has 1 fully saturated rings. The minimum Gasteiger partial charge on any atom is -0.481 e. The predicted molar refractivity (Wildman–Crippen MR) is 125 cm³/mol. The fraction of sp³-hybridized carbons (Fsp3) is 0.519. The first-order valence-corrected chi connectivity index (χ1v) is 11.9. The number of hydrogen-bond donors (Lipinski definition) is 1. The van der Waals surface area contributed by atoms with Gasteiger partial charge in [0.15, 0.2) is 0 Å². The van der Waals surface area contributed by atoms with Gasteiger partial charge in [0.1, 0.15) is 0 Å². The maximum absolute atomic E-state index is 13.3. The molecule has 1 aliphatic rings. The zero-order valence-electron chi connectivity index (χ0n) is 20.5. The summed E-state index contributed by atoms with van der Waals surface area (Å²) in [5, 5.41) is 9.25. The Kier molecular flexibility index (Phi) is 8.13. The zero-order valence-corrected chi connectivity index (χ0v) is 20.5. The molecule has 0 aliphatic carbocycles. The third-order valence-electron chi connectivity index (χ3n) is 6.59. The molecule has 1 aliphatic heterocycles. The highest BCUT2D eigenvalue weighted by Gasteiger charge is 2.42. The van der Waals surface area contributed by atoms with Gasteiger partial charge in [-0.15, -0.1) is 0 Å². The van der Waals surface area contributed by atoms with Crippen molar-refractivity contribution in [1.29, 1.82) is 0 Å². The Labute approximate surface area is 207 Å². The van der Waals surface area contributed by atoms with Gasteiger partial charge < -0.3 is 5.11 Å². The van der Waals surface area contributed by atoms with Crippen molar-refractivity contribution in [3.05, 3.63) is 59.2 Å². The van der Waals surface area contributed by atoms with E-state index in [1.807, 2.05) is 25.7 Å². The van der Waals surface area contributed by atoms with Crippen LogP contribution in [0.2, 0.25) is 0 Å². The summed E-state index contributed by atoms with van der Waals surface area (Å²) in [5.41, 5.74) is 1.36. The summed E-state index contributed by atoms with van der Waals surface area (Å²) in [5.74, 6) is -2.39. The number of nitrogens with zero attached hydrogens (tertiary/aromatic N) is 1. The molecule has 0 amide bonds. The number of halogens is 6. The number of aliphatic carboxylic acids is 1. The summed E-state index contributed by atoms with van der Waals surface area (Å²) in [6, 6.07) is 9.52. The van der Waals surface area contributed by atoms with Crippen molar-refractivity contribution in [2.75, 3.05) is 13.1 Å². The third kappa shape index (κ3) is 7.24. The van der Waals surface area contributed by atoms with Gasteiger partial charge in [-0.3, -0.25) is 9.69 Å². The van der Waals surface area contributed by atoms with Crippen molar-refractivity contribution >= 4 is 5.97 Å². The SMILES string of the molecule is CC(C)(C)C[C@@H](c1ccc(CC(=O)O)cc1-c1ccc(C(F)(F)F)cc1)N1CCC(C(F)(F)F)CC1. The Morgan fingerprint density at radius 3 is 2.03 bits per heavy atom. The van der Waals surface area contributed by atoms with Crippen molar-refractivity contribution < 1.29 is 36.2 Å². The molecule has 2 aromatic carbocycles. The molecule has 2 aromatic rings. The van der Waals surface area contributed by atoms with E-state index in [1.54, 1.807) is 18.2 Å². The fourth-order valence-corrected chi connectivity index (χ4v) is 4.82. The molecule has 36 heavy (non-hydrogen) atoms. The molecule has 1 saturated heterocycles. The summed E-state index contributed by atoms with van der Waals surface area (Å²) in [6.07, 6.45) is -8.42. The van der Waals surface area contributed by atoms with Gasteiger partial charge in [-0.2, -0.15) is 26.3 Å². The summed E-state index contributed by atoms with van der Waals surface area (Å²) < 4.78 is 79.2. The van der Waals surface area contributed by atoms with Gasteiger partial charge in [0, 0.05) is 6.04 Å². The zero-order chi connectivity index (χ0) is 26.9. The summed E-state index contributed by atoms with van der Waals surface area (Å²) >= 11 is 0. The summed E-state index contributed by atoms with van der Waals surface area (Å²) in [4.78, 5) is 13.3. The van der Waals surface area contributed by atoms with Crippen LogP contribution in [0.15, 0.2) is 42.5 Å². The molecule has 0 aromatic heterocycles. The second-order valence-corrected chi connectivity index (χ2v) is 10.7. The normalized spacial score (nSPS) is 17.2. The minimum absolute atomic E-state index is 0.0170. The number of carboxylic acid groups (broad SMARTS) is 1. The van der Waals surface area contributed by atoms with E-state index in [-0.39, 0.29) is 43.8 Å². The second-order valence-electron chi connectivity index (χ2n) is 10.7. The molecular weight excluding hydrogens is 484 g/mol. The van der Waals surface area contributed by atoms with Crippen molar-refractivity contribution in [3.63, 3.8) is 0 Å². The quantitative estimate of drug-likeness (QED) is 0.400. The van der Waals surface area contributed by atoms with Crippen LogP contribution in [0.4, 0.5) is 26.3 Å². The lowest BCUT2D eigenvalue weighted by Gasteiger charge is -2.41. The van der Waals surface area contributed by atoms with Gasteiger partial charge in [0.2, 0.25) is 0 Å². The highest BCUT2D eigenvalue weighted by Crippen LogP contribution is 2.43. The van der Waals surface area contributed by atoms with Crippen LogP contribution in [-0.4, -0.2) is 35.2 Å². The molecule has 1 heterocycles.